The fourth-order valence-corrected chi connectivity index (χ4v) is 5.01. The number of ketones is 1. The molecule has 1 aliphatic heterocycles. The summed E-state index contributed by atoms with van der Waals surface area (Å²) in [5, 5.41) is 9.88. The van der Waals surface area contributed by atoms with Crippen molar-refractivity contribution in [2.24, 2.45) is 5.92 Å². The SMILES string of the molecule is O=C1/C(=C/C2CCN(Cc3ccccc3)CC2)Cc2cc(OCc3ccccc3)c(CO)cc21. The van der Waals surface area contributed by atoms with E-state index in [2.05, 4.69) is 41.3 Å². The molecule has 3 aromatic carbocycles. The third-order valence-corrected chi connectivity index (χ3v) is 6.93. The number of ether oxygens (including phenoxy) is 1. The van der Waals surface area contributed by atoms with Crippen molar-refractivity contribution >= 4 is 5.78 Å². The van der Waals surface area contributed by atoms with Crippen molar-refractivity contribution in [3.05, 3.63) is 112 Å². The number of Topliss-reactive ketones (excluding diaryl/α,β-unsaturated/α-hetero) is 1. The summed E-state index contributed by atoms with van der Waals surface area (Å²) in [5.41, 5.74) is 5.69. The van der Waals surface area contributed by atoms with Crippen LogP contribution in [0.5, 0.6) is 5.75 Å². The van der Waals surface area contributed by atoms with Gasteiger partial charge in [0.05, 0.1) is 6.61 Å². The maximum Gasteiger partial charge on any atom is 0.189 e. The highest BCUT2D eigenvalue weighted by molar-refractivity contribution is 6.13. The van der Waals surface area contributed by atoms with Crippen molar-refractivity contribution in [2.45, 2.75) is 39.0 Å². The molecule has 4 heteroatoms. The summed E-state index contributed by atoms with van der Waals surface area (Å²) in [4.78, 5) is 15.6. The molecule has 1 saturated heterocycles. The van der Waals surface area contributed by atoms with Crippen molar-refractivity contribution < 1.29 is 14.6 Å². The highest BCUT2D eigenvalue weighted by Gasteiger charge is 2.28. The number of fused-ring (bicyclic) bond motifs is 1. The molecule has 1 N–H and O–H groups in total. The summed E-state index contributed by atoms with van der Waals surface area (Å²) in [6.07, 6.45) is 5.01. The largest absolute Gasteiger partial charge is 0.489 e. The van der Waals surface area contributed by atoms with Gasteiger partial charge in [-0.05, 0) is 60.7 Å². The monoisotopic (exact) mass is 453 g/mol. The van der Waals surface area contributed by atoms with Crippen LogP contribution in [0, 0.1) is 5.92 Å². The van der Waals surface area contributed by atoms with Gasteiger partial charge >= 0.3 is 0 Å². The fraction of sp³-hybridized carbons (Fsp3) is 0.300. The number of benzene rings is 3. The van der Waals surface area contributed by atoms with Gasteiger partial charge in [0.15, 0.2) is 5.78 Å². The van der Waals surface area contributed by atoms with Gasteiger partial charge in [0.1, 0.15) is 12.4 Å². The minimum atomic E-state index is -0.149. The Kier molecular flexibility index (Phi) is 6.89. The van der Waals surface area contributed by atoms with E-state index in [0.29, 0.717) is 35.8 Å². The zero-order chi connectivity index (χ0) is 23.3. The number of hydrogen-bond acceptors (Lipinski definition) is 4. The number of aliphatic hydroxyl groups is 1. The second-order valence-electron chi connectivity index (χ2n) is 9.35. The van der Waals surface area contributed by atoms with Gasteiger partial charge in [-0.25, -0.2) is 0 Å². The third kappa shape index (κ3) is 5.14. The lowest BCUT2D eigenvalue weighted by atomic mass is 9.93. The Bertz CT molecular complexity index is 1160. The lowest BCUT2D eigenvalue weighted by Crippen LogP contribution is -2.32. The molecule has 5 rings (SSSR count). The minimum absolute atomic E-state index is 0.103. The molecule has 4 nitrogen and oxygen atoms in total. The lowest BCUT2D eigenvalue weighted by molar-refractivity contribution is 0.103. The van der Waals surface area contributed by atoms with Crippen molar-refractivity contribution in [3.63, 3.8) is 0 Å². The number of hydrogen-bond donors (Lipinski definition) is 1. The molecule has 2 aliphatic rings. The number of allylic oxidation sites excluding steroid dienone is 2. The molecule has 0 radical (unpaired) electrons. The summed E-state index contributed by atoms with van der Waals surface area (Å²) in [6, 6.07) is 24.3. The molecule has 1 aliphatic carbocycles. The Labute approximate surface area is 201 Å². The number of rotatable bonds is 7. The van der Waals surface area contributed by atoms with Gasteiger partial charge in [0, 0.05) is 29.7 Å². The van der Waals surface area contributed by atoms with Gasteiger partial charge in [-0.3, -0.25) is 9.69 Å². The quantitative estimate of drug-likeness (QED) is 0.491. The topological polar surface area (TPSA) is 49.8 Å². The van der Waals surface area contributed by atoms with Gasteiger partial charge in [0.2, 0.25) is 0 Å². The van der Waals surface area contributed by atoms with Crippen LogP contribution >= 0.6 is 0 Å². The van der Waals surface area contributed by atoms with Gasteiger partial charge in [-0.15, -0.1) is 0 Å². The van der Waals surface area contributed by atoms with Crippen LogP contribution in [0.25, 0.3) is 0 Å². The van der Waals surface area contributed by atoms with Crippen LogP contribution in [0.2, 0.25) is 0 Å². The van der Waals surface area contributed by atoms with Crippen LogP contribution in [-0.4, -0.2) is 28.9 Å². The smallest absolute Gasteiger partial charge is 0.189 e. The minimum Gasteiger partial charge on any atom is -0.489 e. The van der Waals surface area contributed by atoms with Crippen LogP contribution in [0.1, 0.15) is 45.5 Å². The van der Waals surface area contributed by atoms with Crippen LogP contribution < -0.4 is 4.74 Å². The summed E-state index contributed by atoms with van der Waals surface area (Å²) in [6.45, 7) is 3.38. The molecule has 0 saturated carbocycles. The van der Waals surface area contributed by atoms with E-state index in [1.165, 1.54) is 5.56 Å². The standard InChI is InChI=1S/C30H31NO3/c32-20-27-17-28-25(18-29(27)34-21-24-9-5-2-6-10-24)16-26(30(28)33)15-22-11-13-31(14-12-22)19-23-7-3-1-4-8-23/h1-10,15,17-18,22,32H,11-14,16,19-21H2/b26-15+. The summed E-state index contributed by atoms with van der Waals surface area (Å²) >= 11 is 0. The molecule has 34 heavy (non-hydrogen) atoms. The number of carbonyl (C=O) groups is 1. The molecule has 0 atom stereocenters. The predicted octanol–water partition coefficient (Wildman–Crippen LogP) is 5.34. The maximum absolute atomic E-state index is 13.1. The zero-order valence-corrected chi connectivity index (χ0v) is 19.5. The molecule has 1 fully saturated rings. The molecule has 0 unspecified atom stereocenters. The first-order valence-electron chi connectivity index (χ1n) is 12.1. The Hall–Kier alpha value is -3.21. The zero-order valence-electron chi connectivity index (χ0n) is 19.5. The third-order valence-electron chi connectivity index (χ3n) is 6.93. The average molecular weight is 454 g/mol. The number of aliphatic hydroxyl groups excluding tert-OH is 1. The van der Waals surface area contributed by atoms with E-state index in [1.807, 2.05) is 42.5 Å². The van der Waals surface area contributed by atoms with Crippen molar-refractivity contribution in [2.75, 3.05) is 13.1 Å². The normalized spacial score (nSPS) is 17.8. The lowest BCUT2D eigenvalue weighted by Gasteiger charge is -2.30. The number of carbonyl (C=O) groups excluding carboxylic acids is 1. The van der Waals surface area contributed by atoms with E-state index < -0.39 is 0 Å². The first-order chi connectivity index (χ1) is 16.7. The Morgan fingerprint density at radius 1 is 0.941 bits per heavy atom. The second kappa shape index (κ2) is 10.4. The Morgan fingerprint density at radius 2 is 1.62 bits per heavy atom. The van der Waals surface area contributed by atoms with E-state index in [4.69, 9.17) is 4.74 Å². The van der Waals surface area contributed by atoms with Gasteiger partial charge in [-0.2, -0.15) is 0 Å². The molecular formula is C30H31NO3. The number of piperidine rings is 1. The summed E-state index contributed by atoms with van der Waals surface area (Å²) in [7, 11) is 0. The molecule has 0 amide bonds. The van der Waals surface area contributed by atoms with E-state index in [9.17, 15) is 9.90 Å². The van der Waals surface area contributed by atoms with Crippen molar-refractivity contribution in [1.82, 2.24) is 4.90 Å². The fourth-order valence-electron chi connectivity index (χ4n) is 5.01. The summed E-state index contributed by atoms with van der Waals surface area (Å²) in [5.74, 6) is 1.20. The molecular weight excluding hydrogens is 422 g/mol. The van der Waals surface area contributed by atoms with Crippen molar-refractivity contribution in [1.29, 1.82) is 0 Å². The Balaban J connectivity index is 1.24. The average Bonchev–Trinajstić information content (AvgIpc) is 3.18. The second-order valence-corrected chi connectivity index (χ2v) is 9.35. The Morgan fingerprint density at radius 3 is 2.29 bits per heavy atom. The van der Waals surface area contributed by atoms with Crippen molar-refractivity contribution in [3.8, 4) is 5.75 Å². The van der Waals surface area contributed by atoms with Crippen LogP contribution in [0.3, 0.4) is 0 Å². The van der Waals surface area contributed by atoms with Gasteiger partial charge in [0.25, 0.3) is 0 Å². The maximum atomic E-state index is 13.1. The predicted molar refractivity (Wildman–Crippen MR) is 134 cm³/mol. The van der Waals surface area contributed by atoms with E-state index in [-0.39, 0.29) is 12.4 Å². The van der Waals surface area contributed by atoms with E-state index in [1.54, 1.807) is 0 Å². The first-order valence-corrected chi connectivity index (χ1v) is 12.1. The molecule has 0 bridgehead atoms. The molecule has 0 aromatic heterocycles. The van der Waals surface area contributed by atoms with Crippen LogP contribution in [-0.2, 0) is 26.2 Å². The first kappa shape index (κ1) is 22.6. The van der Waals surface area contributed by atoms with Crippen LogP contribution in [0.15, 0.2) is 84.4 Å². The number of nitrogens with zero attached hydrogens (tertiary/aromatic N) is 1. The van der Waals surface area contributed by atoms with Gasteiger partial charge < -0.3 is 9.84 Å². The summed E-state index contributed by atoms with van der Waals surface area (Å²) < 4.78 is 6.02. The highest BCUT2D eigenvalue weighted by Crippen LogP contribution is 2.34. The van der Waals surface area contributed by atoms with Gasteiger partial charge in [-0.1, -0.05) is 66.7 Å². The van der Waals surface area contributed by atoms with E-state index in [0.717, 1.165) is 49.2 Å². The number of likely N-dealkylation sites (tertiary alicyclic amines) is 1. The van der Waals surface area contributed by atoms with E-state index >= 15 is 0 Å². The molecule has 3 aromatic rings. The molecule has 174 valence electrons. The highest BCUT2D eigenvalue weighted by atomic mass is 16.5. The molecule has 0 spiro atoms. The van der Waals surface area contributed by atoms with Crippen LogP contribution in [0.4, 0.5) is 0 Å². The molecule has 1 heterocycles.